The maximum atomic E-state index is 5.10. The molecule has 17 heavy (non-hydrogen) atoms. The number of fused-ring (bicyclic) bond motifs is 1. The molecule has 0 aliphatic carbocycles. The fourth-order valence-electron chi connectivity index (χ4n) is 1.83. The molecule has 5 heteroatoms. The second-order valence-corrected chi connectivity index (χ2v) is 4.15. The lowest BCUT2D eigenvalue weighted by atomic mass is 10.1. The summed E-state index contributed by atoms with van der Waals surface area (Å²) >= 11 is 5.10. The molecule has 2 aromatic heterocycles. The zero-order valence-corrected chi connectivity index (χ0v) is 10.0. The van der Waals surface area contributed by atoms with Gasteiger partial charge in [-0.2, -0.15) is 4.98 Å². The largest absolute Gasteiger partial charge is 0.279 e. The van der Waals surface area contributed by atoms with Crippen LogP contribution in [0.15, 0.2) is 36.5 Å². The normalized spacial score (nSPS) is 10.9. The molecule has 84 valence electrons. The number of para-hydroxylation sites is 1. The minimum absolute atomic E-state index is 0.542. The molecule has 3 aromatic rings. The number of rotatable bonds is 1. The number of aromatic nitrogens is 4. The van der Waals surface area contributed by atoms with E-state index in [0.29, 0.717) is 4.77 Å². The van der Waals surface area contributed by atoms with Gasteiger partial charge in [0.15, 0.2) is 5.82 Å². The number of benzene rings is 1. The standard InChI is InChI=1S/C12H10N4S/c1-16-12(17)14-11(15-16)9-6-7-13-10-5-3-2-4-8(9)10/h2-7H,1H3,(H,14,15,17). The van der Waals surface area contributed by atoms with Crippen molar-refractivity contribution >= 4 is 23.1 Å². The van der Waals surface area contributed by atoms with Gasteiger partial charge < -0.3 is 0 Å². The van der Waals surface area contributed by atoms with E-state index in [0.717, 1.165) is 22.3 Å². The maximum absolute atomic E-state index is 5.10. The zero-order chi connectivity index (χ0) is 11.8. The highest BCUT2D eigenvalue weighted by Crippen LogP contribution is 2.24. The molecule has 0 aliphatic rings. The summed E-state index contributed by atoms with van der Waals surface area (Å²) in [5, 5.41) is 4.20. The Morgan fingerprint density at radius 3 is 2.82 bits per heavy atom. The van der Waals surface area contributed by atoms with Gasteiger partial charge in [0.05, 0.1) is 5.52 Å². The minimum atomic E-state index is 0.542. The summed E-state index contributed by atoms with van der Waals surface area (Å²) in [6.45, 7) is 0. The fourth-order valence-corrected chi connectivity index (χ4v) is 1.96. The quantitative estimate of drug-likeness (QED) is 0.667. The van der Waals surface area contributed by atoms with E-state index in [4.69, 9.17) is 12.2 Å². The second kappa shape index (κ2) is 3.78. The molecule has 0 bridgehead atoms. The highest BCUT2D eigenvalue weighted by atomic mass is 32.1. The third-order valence-electron chi connectivity index (χ3n) is 2.67. The van der Waals surface area contributed by atoms with Crippen LogP contribution in [-0.2, 0) is 7.05 Å². The summed E-state index contributed by atoms with van der Waals surface area (Å²) in [6, 6.07) is 9.92. The van der Waals surface area contributed by atoms with Crippen molar-refractivity contribution in [3.05, 3.63) is 41.3 Å². The molecule has 4 nitrogen and oxygen atoms in total. The Kier molecular flexibility index (Phi) is 2.26. The van der Waals surface area contributed by atoms with Crippen LogP contribution in [0.3, 0.4) is 0 Å². The molecule has 0 atom stereocenters. The lowest BCUT2D eigenvalue weighted by molar-refractivity contribution is 0.756. The van der Waals surface area contributed by atoms with Gasteiger partial charge in [0.2, 0.25) is 4.77 Å². The summed E-state index contributed by atoms with van der Waals surface area (Å²) in [7, 11) is 1.85. The molecule has 1 N–H and O–H groups in total. The van der Waals surface area contributed by atoms with Gasteiger partial charge in [-0.05, 0) is 24.4 Å². The molecule has 3 rings (SSSR count). The smallest absolute Gasteiger partial charge is 0.216 e. The van der Waals surface area contributed by atoms with Gasteiger partial charge in [-0.1, -0.05) is 18.2 Å². The minimum Gasteiger partial charge on any atom is -0.279 e. The van der Waals surface area contributed by atoms with Crippen LogP contribution < -0.4 is 0 Å². The molecule has 0 radical (unpaired) electrons. The Hall–Kier alpha value is -2.01. The number of pyridine rings is 1. The van der Waals surface area contributed by atoms with Crippen molar-refractivity contribution in [3.63, 3.8) is 0 Å². The third-order valence-corrected chi connectivity index (χ3v) is 3.04. The van der Waals surface area contributed by atoms with Gasteiger partial charge in [0.1, 0.15) is 0 Å². The van der Waals surface area contributed by atoms with Crippen molar-refractivity contribution in [3.8, 4) is 11.4 Å². The Balaban J connectivity index is 2.34. The van der Waals surface area contributed by atoms with Gasteiger partial charge in [-0.3, -0.25) is 14.8 Å². The van der Waals surface area contributed by atoms with Gasteiger partial charge >= 0.3 is 0 Å². The first-order chi connectivity index (χ1) is 8.25. The van der Waals surface area contributed by atoms with Crippen LogP contribution in [0.4, 0.5) is 0 Å². The zero-order valence-electron chi connectivity index (χ0n) is 9.21. The molecule has 0 fully saturated rings. The average Bonchev–Trinajstić information content (AvgIpc) is 2.69. The van der Waals surface area contributed by atoms with Crippen molar-refractivity contribution in [1.82, 2.24) is 19.7 Å². The SMILES string of the molecule is Cn1[nH]c(-c2ccnc3ccccc23)nc1=S. The summed E-state index contributed by atoms with van der Waals surface area (Å²) < 4.78 is 2.26. The van der Waals surface area contributed by atoms with Crippen LogP contribution in [0.1, 0.15) is 0 Å². The number of nitrogens with one attached hydrogen (secondary N) is 1. The van der Waals surface area contributed by atoms with Gasteiger partial charge in [-0.25, -0.2) is 0 Å². The summed E-state index contributed by atoms with van der Waals surface area (Å²) in [5.41, 5.74) is 1.97. The predicted molar refractivity (Wildman–Crippen MR) is 69.1 cm³/mol. The van der Waals surface area contributed by atoms with Crippen molar-refractivity contribution in [1.29, 1.82) is 0 Å². The van der Waals surface area contributed by atoms with E-state index in [1.807, 2.05) is 37.4 Å². The molecule has 0 unspecified atom stereocenters. The van der Waals surface area contributed by atoms with Crippen molar-refractivity contribution < 1.29 is 0 Å². The highest BCUT2D eigenvalue weighted by molar-refractivity contribution is 7.71. The molecule has 1 aromatic carbocycles. The average molecular weight is 242 g/mol. The Bertz CT molecular complexity index is 736. The summed E-state index contributed by atoms with van der Waals surface area (Å²) in [4.78, 5) is 8.65. The van der Waals surface area contributed by atoms with Crippen molar-refractivity contribution in [2.24, 2.45) is 7.05 Å². The number of H-pyrrole nitrogens is 1. The third kappa shape index (κ3) is 1.64. The number of hydrogen-bond donors (Lipinski definition) is 1. The van der Waals surface area contributed by atoms with E-state index < -0.39 is 0 Å². The van der Waals surface area contributed by atoms with Crippen molar-refractivity contribution in [2.75, 3.05) is 0 Å². The molecule has 0 saturated carbocycles. The molecule has 0 saturated heterocycles. The van der Waals surface area contributed by atoms with Crippen LogP contribution in [0.25, 0.3) is 22.3 Å². The first-order valence-corrected chi connectivity index (χ1v) is 5.64. The van der Waals surface area contributed by atoms with Crippen LogP contribution in [0.5, 0.6) is 0 Å². The molecular weight excluding hydrogens is 232 g/mol. The highest BCUT2D eigenvalue weighted by Gasteiger charge is 2.07. The monoisotopic (exact) mass is 242 g/mol. The number of nitrogens with zero attached hydrogens (tertiary/aromatic N) is 3. The molecule has 2 heterocycles. The first kappa shape index (κ1) is 10.2. The number of aryl methyl sites for hydroxylation is 1. The number of aromatic amines is 1. The lowest BCUT2D eigenvalue weighted by Gasteiger charge is -2.02. The first-order valence-electron chi connectivity index (χ1n) is 5.23. The molecule has 0 aliphatic heterocycles. The van der Waals surface area contributed by atoms with E-state index in [-0.39, 0.29) is 0 Å². The van der Waals surface area contributed by atoms with E-state index in [1.165, 1.54) is 0 Å². The second-order valence-electron chi connectivity index (χ2n) is 3.79. The maximum Gasteiger partial charge on any atom is 0.216 e. The summed E-state index contributed by atoms with van der Waals surface area (Å²) in [6.07, 6.45) is 1.78. The Morgan fingerprint density at radius 1 is 1.24 bits per heavy atom. The Morgan fingerprint density at radius 2 is 2.06 bits per heavy atom. The number of hydrogen-bond acceptors (Lipinski definition) is 3. The topological polar surface area (TPSA) is 46.5 Å². The van der Waals surface area contributed by atoms with Crippen LogP contribution in [0, 0.1) is 4.77 Å². The van der Waals surface area contributed by atoms with E-state index >= 15 is 0 Å². The lowest BCUT2D eigenvalue weighted by Crippen LogP contribution is -1.90. The van der Waals surface area contributed by atoms with Crippen LogP contribution in [-0.4, -0.2) is 19.7 Å². The van der Waals surface area contributed by atoms with E-state index in [9.17, 15) is 0 Å². The van der Waals surface area contributed by atoms with Gasteiger partial charge in [0.25, 0.3) is 0 Å². The fraction of sp³-hybridized carbons (Fsp3) is 0.0833. The summed E-state index contributed by atoms with van der Waals surface area (Å²) in [5.74, 6) is 0.774. The van der Waals surface area contributed by atoms with Crippen LogP contribution in [0.2, 0.25) is 0 Å². The molecular formula is C12H10N4S. The van der Waals surface area contributed by atoms with Gasteiger partial charge in [0, 0.05) is 24.2 Å². The van der Waals surface area contributed by atoms with Gasteiger partial charge in [-0.15, -0.1) is 0 Å². The molecule has 0 spiro atoms. The Labute approximate surface area is 103 Å². The van der Waals surface area contributed by atoms with E-state index in [2.05, 4.69) is 15.1 Å². The predicted octanol–water partition coefficient (Wildman–Crippen LogP) is 2.69. The van der Waals surface area contributed by atoms with Crippen molar-refractivity contribution in [2.45, 2.75) is 0 Å². The van der Waals surface area contributed by atoms with E-state index in [1.54, 1.807) is 10.9 Å². The molecule has 0 amide bonds. The van der Waals surface area contributed by atoms with Crippen LogP contribution >= 0.6 is 12.2 Å².